The van der Waals surface area contributed by atoms with Gasteiger partial charge in [-0.15, -0.1) is 0 Å². The van der Waals surface area contributed by atoms with Gasteiger partial charge in [0.15, 0.2) is 0 Å². The summed E-state index contributed by atoms with van der Waals surface area (Å²) in [6.07, 6.45) is 2.57. The van der Waals surface area contributed by atoms with Crippen LogP contribution in [0.15, 0.2) is 30.0 Å². The largest absolute Gasteiger partial charge is 0.445 e. The standard InChI is InChI=1S/C17H19Cl2NO4/c1-10(4-5-11-6-7-12(18)13(19)8-11)20-15(21)9-14-16(22)24-17(2,3)23-14/h6-10H,4-5H2,1-3H3,(H,20,21)/b14-9-. The summed E-state index contributed by atoms with van der Waals surface area (Å²) in [5.41, 5.74) is 1.04. The van der Waals surface area contributed by atoms with Crippen LogP contribution in [0.1, 0.15) is 32.8 Å². The molecule has 1 aliphatic rings. The van der Waals surface area contributed by atoms with Gasteiger partial charge >= 0.3 is 5.97 Å². The number of benzene rings is 1. The number of amides is 1. The molecule has 0 radical (unpaired) electrons. The Hall–Kier alpha value is -1.72. The highest BCUT2D eigenvalue weighted by atomic mass is 35.5. The van der Waals surface area contributed by atoms with Crippen molar-refractivity contribution < 1.29 is 19.1 Å². The van der Waals surface area contributed by atoms with E-state index < -0.39 is 17.7 Å². The van der Waals surface area contributed by atoms with Crippen LogP contribution in [0.3, 0.4) is 0 Å². The van der Waals surface area contributed by atoms with E-state index in [0.717, 1.165) is 18.1 Å². The Bertz CT molecular complexity index is 685. The molecule has 1 saturated heterocycles. The van der Waals surface area contributed by atoms with Crippen LogP contribution >= 0.6 is 23.2 Å². The first kappa shape index (κ1) is 18.6. The summed E-state index contributed by atoms with van der Waals surface area (Å²) in [6.45, 7) is 5.08. The van der Waals surface area contributed by atoms with Gasteiger partial charge in [0, 0.05) is 19.9 Å². The maximum absolute atomic E-state index is 12.0. The topological polar surface area (TPSA) is 64.6 Å². The molecule has 1 unspecified atom stereocenters. The summed E-state index contributed by atoms with van der Waals surface area (Å²) in [5, 5.41) is 3.81. The molecular weight excluding hydrogens is 353 g/mol. The summed E-state index contributed by atoms with van der Waals surface area (Å²) in [7, 11) is 0. The highest BCUT2D eigenvalue weighted by Crippen LogP contribution is 2.26. The molecule has 0 aromatic heterocycles. The van der Waals surface area contributed by atoms with Crippen molar-refractivity contribution in [2.24, 2.45) is 0 Å². The molecule has 24 heavy (non-hydrogen) atoms. The minimum atomic E-state index is -1.04. The normalized spacial score (nSPS) is 18.9. The van der Waals surface area contributed by atoms with Crippen molar-refractivity contribution >= 4 is 35.1 Å². The zero-order valence-electron chi connectivity index (χ0n) is 13.7. The molecule has 5 nitrogen and oxygen atoms in total. The first-order valence-electron chi connectivity index (χ1n) is 7.55. The van der Waals surface area contributed by atoms with Gasteiger partial charge in [0.05, 0.1) is 16.1 Å². The third-order valence-corrected chi connectivity index (χ3v) is 4.14. The molecule has 1 aromatic carbocycles. The van der Waals surface area contributed by atoms with E-state index >= 15 is 0 Å². The van der Waals surface area contributed by atoms with Crippen LogP contribution in [0.5, 0.6) is 0 Å². The molecule has 2 rings (SSSR count). The second kappa shape index (κ2) is 7.45. The first-order chi connectivity index (χ1) is 11.2. The number of aryl methyl sites for hydroxylation is 1. The van der Waals surface area contributed by atoms with E-state index in [0.29, 0.717) is 16.5 Å². The average molecular weight is 372 g/mol. The van der Waals surface area contributed by atoms with Crippen molar-refractivity contribution in [1.82, 2.24) is 5.32 Å². The molecule has 1 N–H and O–H groups in total. The maximum Gasteiger partial charge on any atom is 0.377 e. The van der Waals surface area contributed by atoms with E-state index in [9.17, 15) is 9.59 Å². The highest BCUT2D eigenvalue weighted by Gasteiger charge is 2.37. The fraction of sp³-hybridized carbons (Fsp3) is 0.412. The van der Waals surface area contributed by atoms with E-state index in [-0.39, 0.29) is 11.8 Å². The zero-order valence-corrected chi connectivity index (χ0v) is 15.2. The van der Waals surface area contributed by atoms with E-state index in [4.69, 9.17) is 32.7 Å². The Balaban J connectivity index is 1.85. The Labute approximate surface area is 150 Å². The lowest BCUT2D eigenvalue weighted by molar-refractivity contribution is -0.159. The Morgan fingerprint density at radius 2 is 2.00 bits per heavy atom. The van der Waals surface area contributed by atoms with Crippen LogP contribution < -0.4 is 5.32 Å². The Morgan fingerprint density at radius 1 is 1.29 bits per heavy atom. The molecule has 0 aliphatic carbocycles. The van der Waals surface area contributed by atoms with E-state index in [2.05, 4.69) is 5.32 Å². The predicted octanol–water partition coefficient (Wildman–Crippen LogP) is 3.62. The Morgan fingerprint density at radius 3 is 2.58 bits per heavy atom. The molecule has 1 fully saturated rings. The molecule has 1 aliphatic heterocycles. The van der Waals surface area contributed by atoms with E-state index in [1.165, 1.54) is 0 Å². The molecule has 0 spiro atoms. The van der Waals surface area contributed by atoms with Crippen molar-refractivity contribution in [3.63, 3.8) is 0 Å². The van der Waals surface area contributed by atoms with Crippen LogP contribution in [0, 0.1) is 0 Å². The van der Waals surface area contributed by atoms with Crippen molar-refractivity contribution in [3.05, 3.63) is 45.6 Å². The summed E-state index contributed by atoms with van der Waals surface area (Å²) in [6, 6.07) is 5.37. The van der Waals surface area contributed by atoms with E-state index in [1.54, 1.807) is 19.9 Å². The number of cyclic esters (lactones) is 1. The number of carbonyl (C=O) groups excluding carboxylic acids is 2. The molecule has 1 amide bonds. The van der Waals surface area contributed by atoms with Crippen LogP contribution in [0.2, 0.25) is 10.0 Å². The predicted molar refractivity (Wildman–Crippen MR) is 91.7 cm³/mol. The number of esters is 1. The molecule has 0 saturated carbocycles. The van der Waals surface area contributed by atoms with Gasteiger partial charge in [0.1, 0.15) is 0 Å². The SMILES string of the molecule is CC(CCc1ccc(Cl)c(Cl)c1)NC(=O)/C=C1\OC(C)(C)OC1=O. The maximum atomic E-state index is 12.0. The number of nitrogens with one attached hydrogen (secondary N) is 1. The minimum Gasteiger partial charge on any atom is -0.445 e. The lowest BCUT2D eigenvalue weighted by atomic mass is 10.1. The van der Waals surface area contributed by atoms with Crippen molar-refractivity contribution in [1.29, 1.82) is 0 Å². The van der Waals surface area contributed by atoms with E-state index in [1.807, 2.05) is 19.1 Å². The third-order valence-electron chi connectivity index (χ3n) is 3.40. The third kappa shape index (κ3) is 5.14. The van der Waals surface area contributed by atoms with Gasteiger partial charge in [0.25, 0.3) is 0 Å². The molecule has 1 atom stereocenters. The van der Waals surface area contributed by atoms with Crippen LogP contribution in [-0.4, -0.2) is 23.7 Å². The molecule has 1 heterocycles. The lowest BCUT2D eigenvalue weighted by Gasteiger charge is -2.14. The number of hydrogen-bond acceptors (Lipinski definition) is 4. The molecule has 1 aromatic rings. The first-order valence-corrected chi connectivity index (χ1v) is 8.30. The molecule has 7 heteroatoms. The minimum absolute atomic E-state index is 0.0887. The van der Waals surface area contributed by atoms with Gasteiger partial charge < -0.3 is 14.8 Å². The second-order valence-electron chi connectivity index (χ2n) is 6.10. The van der Waals surface area contributed by atoms with Crippen LogP contribution in [0.25, 0.3) is 0 Å². The van der Waals surface area contributed by atoms with Crippen molar-refractivity contribution in [3.8, 4) is 0 Å². The average Bonchev–Trinajstić information content (AvgIpc) is 2.72. The molecule has 130 valence electrons. The number of ether oxygens (including phenoxy) is 2. The fourth-order valence-electron chi connectivity index (χ4n) is 2.24. The summed E-state index contributed by atoms with van der Waals surface area (Å²) >= 11 is 11.9. The Kier molecular flexibility index (Phi) is 5.78. The van der Waals surface area contributed by atoms with Crippen molar-refractivity contribution in [2.75, 3.05) is 0 Å². The molecular formula is C17H19Cl2NO4. The summed E-state index contributed by atoms with van der Waals surface area (Å²) in [4.78, 5) is 23.5. The van der Waals surface area contributed by atoms with Crippen LogP contribution in [0.4, 0.5) is 0 Å². The zero-order chi connectivity index (χ0) is 17.9. The van der Waals surface area contributed by atoms with Gasteiger partial charge in [-0.25, -0.2) is 4.79 Å². The number of rotatable bonds is 5. The smallest absolute Gasteiger partial charge is 0.377 e. The van der Waals surface area contributed by atoms with Gasteiger partial charge in [-0.1, -0.05) is 29.3 Å². The summed E-state index contributed by atoms with van der Waals surface area (Å²) < 4.78 is 10.2. The van der Waals surface area contributed by atoms with Gasteiger partial charge in [-0.2, -0.15) is 0 Å². The monoisotopic (exact) mass is 371 g/mol. The number of hydrogen-bond donors (Lipinski definition) is 1. The molecule has 0 bridgehead atoms. The lowest BCUT2D eigenvalue weighted by Crippen LogP contribution is -2.32. The second-order valence-corrected chi connectivity index (χ2v) is 6.91. The number of halogens is 2. The quantitative estimate of drug-likeness (QED) is 0.633. The van der Waals surface area contributed by atoms with Gasteiger partial charge in [-0.05, 0) is 37.5 Å². The fourth-order valence-corrected chi connectivity index (χ4v) is 2.56. The van der Waals surface area contributed by atoms with Gasteiger partial charge in [-0.3, -0.25) is 4.79 Å². The summed E-state index contributed by atoms with van der Waals surface area (Å²) in [5.74, 6) is -2.17. The van der Waals surface area contributed by atoms with Gasteiger partial charge in [0.2, 0.25) is 17.5 Å². The highest BCUT2D eigenvalue weighted by molar-refractivity contribution is 6.42. The van der Waals surface area contributed by atoms with Crippen molar-refractivity contribution in [2.45, 2.75) is 45.4 Å². The van der Waals surface area contributed by atoms with Crippen LogP contribution in [-0.2, 0) is 25.5 Å². The number of carbonyl (C=O) groups is 2.